The summed E-state index contributed by atoms with van der Waals surface area (Å²) < 4.78 is 8.28. The normalized spacial score (nSPS) is 13.7. The quantitative estimate of drug-likeness (QED) is 0.0404. The lowest BCUT2D eigenvalue weighted by molar-refractivity contribution is -0.383. The molecule has 0 radical (unpaired) electrons. The fourth-order valence-electron chi connectivity index (χ4n) is 7.18. The maximum Gasteiger partial charge on any atom is 0.277 e. The molecule has 0 saturated carbocycles. The molecule has 5 nitrogen and oxygen atoms in total. The number of hydrogen-bond donors (Lipinski definition) is 0. The summed E-state index contributed by atoms with van der Waals surface area (Å²) in [5.74, 6) is 2.42. The van der Waals surface area contributed by atoms with Crippen LogP contribution in [0.15, 0.2) is 50.9 Å². The maximum atomic E-state index is 11.8. The summed E-state index contributed by atoms with van der Waals surface area (Å²) in [5, 5.41) is 15.2. The number of fused-ring (bicyclic) bond motifs is 5. The summed E-state index contributed by atoms with van der Waals surface area (Å²) in [6, 6.07) is 13.6. The van der Waals surface area contributed by atoms with E-state index in [-0.39, 0.29) is 10.6 Å². The van der Waals surface area contributed by atoms with E-state index in [1.165, 1.54) is 140 Å². The van der Waals surface area contributed by atoms with Crippen molar-refractivity contribution >= 4 is 133 Å². The Balaban J connectivity index is 1.09. The van der Waals surface area contributed by atoms with Gasteiger partial charge in [0.1, 0.15) is 3.85 Å². The number of nitro benzene ring substituents is 1. The van der Waals surface area contributed by atoms with Gasteiger partial charge in [0, 0.05) is 31.6 Å². The molecule has 3 heterocycles. The highest BCUT2D eigenvalue weighted by Crippen LogP contribution is 2.58. The van der Waals surface area contributed by atoms with Crippen LogP contribution in [0.1, 0.15) is 117 Å². The molecule has 0 fully saturated rings. The molecule has 1 aliphatic rings. The number of aromatic nitrogens is 2. The fraction of sp³-hybridized carbons (Fsp3) is 0.476. The summed E-state index contributed by atoms with van der Waals surface area (Å²) >= 11 is 11.9. The largest absolute Gasteiger partial charge is 0.277 e. The SMILES string of the molecule is CCCCCCCCCCSC1=C(SCCCCCCCCCC)SC(=c2sc3cc4nc5c6cccc7c([N+](=O)[O-])ccc(c5nc4cc3s2)c76)S1. The van der Waals surface area contributed by atoms with E-state index in [4.69, 9.17) is 9.97 Å². The Morgan fingerprint density at radius 1 is 0.623 bits per heavy atom. The second-order valence-electron chi connectivity index (χ2n) is 14.0. The minimum Gasteiger partial charge on any atom is -0.258 e. The zero-order valence-electron chi connectivity index (χ0n) is 30.9. The number of benzene rings is 3. The molecule has 0 atom stereocenters. The molecule has 53 heavy (non-hydrogen) atoms. The summed E-state index contributed by atoms with van der Waals surface area (Å²) in [6.45, 7) is 4.58. The van der Waals surface area contributed by atoms with E-state index in [1.807, 2.05) is 70.5 Å². The third-order valence-electron chi connectivity index (χ3n) is 10.0. The van der Waals surface area contributed by atoms with Gasteiger partial charge in [-0.3, -0.25) is 10.1 Å². The highest BCUT2D eigenvalue weighted by Gasteiger charge is 2.24. The Hall–Kier alpha value is -2.02. The van der Waals surface area contributed by atoms with Crippen molar-refractivity contribution in [2.75, 3.05) is 11.5 Å². The third-order valence-corrected chi connectivity index (χ3v) is 18.8. The van der Waals surface area contributed by atoms with Gasteiger partial charge < -0.3 is 0 Å². The van der Waals surface area contributed by atoms with Crippen molar-refractivity contribution in [1.82, 2.24) is 9.97 Å². The molecule has 0 spiro atoms. The van der Waals surface area contributed by atoms with Crippen LogP contribution in [0.2, 0.25) is 0 Å². The first-order chi connectivity index (χ1) is 26.1. The molecular weight excluding hydrogens is 771 g/mol. The average molecular weight is 820 g/mol. The Morgan fingerprint density at radius 3 is 1.60 bits per heavy atom. The van der Waals surface area contributed by atoms with Gasteiger partial charge in [0.15, 0.2) is 0 Å². The van der Waals surface area contributed by atoms with Crippen molar-refractivity contribution in [3.05, 3.63) is 64.9 Å². The van der Waals surface area contributed by atoms with Gasteiger partial charge in [-0.15, -0.1) is 46.2 Å². The van der Waals surface area contributed by atoms with E-state index in [1.54, 1.807) is 6.07 Å². The first-order valence-corrected chi connectivity index (χ1v) is 24.8. The topological polar surface area (TPSA) is 68.9 Å². The second-order valence-corrected chi connectivity index (χ2v) is 21.4. The van der Waals surface area contributed by atoms with Crippen LogP contribution in [0.5, 0.6) is 0 Å². The lowest BCUT2D eigenvalue weighted by Crippen LogP contribution is -1.88. The van der Waals surface area contributed by atoms with Crippen molar-refractivity contribution in [1.29, 1.82) is 0 Å². The minimum atomic E-state index is -0.303. The Labute approximate surface area is 338 Å². The summed E-state index contributed by atoms with van der Waals surface area (Å²) in [6.07, 6.45) is 21.8. The number of nitrogens with zero attached hydrogens (tertiary/aromatic N) is 3. The maximum absolute atomic E-state index is 11.8. The van der Waals surface area contributed by atoms with Crippen LogP contribution >= 0.6 is 69.7 Å². The predicted molar refractivity (Wildman–Crippen MR) is 243 cm³/mol. The monoisotopic (exact) mass is 819 g/mol. The molecule has 0 bridgehead atoms. The number of unbranched alkanes of at least 4 members (excludes halogenated alkanes) is 14. The second kappa shape index (κ2) is 19.2. The van der Waals surface area contributed by atoms with E-state index in [2.05, 4.69) is 49.5 Å². The molecular formula is C42H49N3O2S6. The van der Waals surface area contributed by atoms with Crippen molar-refractivity contribution in [3.8, 4) is 0 Å². The number of nitro groups is 1. The molecule has 280 valence electrons. The van der Waals surface area contributed by atoms with Crippen LogP contribution in [-0.4, -0.2) is 26.4 Å². The van der Waals surface area contributed by atoms with Crippen LogP contribution in [-0.2, 0) is 0 Å². The summed E-state index contributed by atoms with van der Waals surface area (Å²) in [5.41, 5.74) is 3.49. The molecule has 11 heteroatoms. The van der Waals surface area contributed by atoms with Crippen LogP contribution in [0.4, 0.5) is 5.69 Å². The molecule has 0 unspecified atom stereocenters. The lowest BCUT2D eigenvalue weighted by Gasteiger charge is -2.06. The number of thioether (sulfide) groups is 4. The van der Waals surface area contributed by atoms with Gasteiger partial charge in [0.05, 0.1) is 45.1 Å². The minimum absolute atomic E-state index is 0.122. The molecule has 4 aromatic carbocycles. The first kappa shape index (κ1) is 39.2. The Kier molecular flexibility index (Phi) is 14.2. The van der Waals surface area contributed by atoms with Crippen LogP contribution in [0.25, 0.3) is 57.2 Å². The lowest BCUT2D eigenvalue weighted by atomic mass is 10.1. The van der Waals surface area contributed by atoms with E-state index in [0.717, 1.165) is 38.2 Å². The van der Waals surface area contributed by atoms with Gasteiger partial charge in [-0.05, 0) is 48.6 Å². The summed E-state index contributed by atoms with van der Waals surface area (Å²) in [4.78, 5) is 21.8. The van der Waals surface area contributed by atoms with Gasteiger partial charge in [-0.25, -0.2) is 9.97 Å². The third kappa shape index (κ3) is 9.34. The molecule has 0 saturated heterocycles. The van der Waals surface area contributed by atoms with Gasteiger partial charge in [-0.1, -0.05) is 139 Å². The molecule has 0 N–H and O–H groups in total. The fourth-order valence-corrected chi connectivity index (χ4v) is 16.0. The summed E-state index contributed by atoms with van der Waals surface area (Å²) in [7, 11) is 0. The van der Waals surface area contributed by atoms with Crippen LogP contribution in [0.3, 0.4) is 0 Å². The number of rotatable bonds is 21. The molecule has 0 amide bonds. The van der Waals surface area contributed by atoms with Crippen molar-refractivity contribution in [3.63, 3.8) is 0 Å². The van der Waals surface area contributed by atoms with Gasteiger partial charge >= 0.3 is 0 Å². The molecule has 2 aromatic heterocycles. The zero-order chi connectivity index (χ0) is 36.6. The van der Waals surface area contributed by atoms with E-state index in [9.17, 15) is 10.1 Å². The molecule has 6 aromatic rings. The Morgan fingerprint density at radius 2 is 1.09 bits per heavy atom. The zero-order valence-corrected chi connectivity index (χ0v) is 35.8. The van der Waals surface area contributed by atoms with Crippen LogP contribution < -0.4 is 3.85 Å². The predicted octanol–water partition coefficient (Wildman–Crippen LogP) is 15.4. The molecule has 1 aliphatic heterocycles. The highest BCUT2D eigenvalue weighted by molar-refractivity contribution is 8.45. The van der Waals surface area contributed by atoms with E-state index >= 15 is 0 Å². The van der Waals surface area contributed by atoms with Crippen molar-refractivity contribution in [2.24, 2.45) is 0 Å². The molecule has 7 rings (SSSR count). The van der Waals surface area contributed by atoms with Gasteiger partial charge in [0.25, 0.3) is 5.69 Å². The van der Waals surface area contributed by atoms with Crippen molar-refractivity contribution in [2.45, 2.75) is 117 Å². The number of non-ortho nitro benzene ring substituents is 1. The van der Waals surface area contributed by atoms with E-state index in [0.29, 0.717) is 5.39 Å². The Bertz CT molecular complexity index is 2180. The van der Waals surface area contributed by atoms with Crippen molar-refractivity contribution < 1.29 is 4.92 Å². The van der Waals surface area contributed by atoms with Gasteiger partial charge in [0.2, 0.25) is 0 Å². The van der Waals surface area contributed by atoms with Gasteiger partial charge in [-0.2, -0.15) is 0 Å². The first-order valence-electron chi connectivity index (χ1n) is 19.6. The average Bonchev–Trinajstić information content (AvgIpc) is 3.86. The number of hydrogen-bond acceptors (Lipinski definition) is 10. The van der Waals surface area contributed by atoms with Crippen LogP contribution in [0, 0.1) is 10.1 Å². The standard InChI is InChI=1S/C42H49N3O2S6/c1-3-5-7-9-11-13-15-17-24-48-39-40(49-25-18-16-14-12-10-8-6-4-2)53-42(52-39)41-50-34-26-31-32(27-35(34)51-41)44-38-30-22-23-33(45(46)47)28-20-19-21-29(36(28)30)37(38)43-31/h19-23,26-27H,3-18,24-25H2,1-2H3. The molecule has 0 aliphatic carbocycles. The smallest absolute Gasteiger partial charge is 0.258 e. The van der Waals surface area contributed by atoms with E-state index < -0.39 is 0 Å². The highest BCUT2D eigenvalue weighted by atomic mass is 32.3.